The second kappa shape index (κ2) is 8.18. The maximum absolute atomic E-state index is 12.3. The Morgan fingerprint density at radius 2 is 1.81 bits per heavy atom. The first-order valence-electron chi connectivity index (χ1n) is 8.30. The maximum atomic E-state index is 12.3. The molecule has 0 aliphatic heterocycles. The van der Waals surface area contributed by atoms with Crippen LogP contribution < -0.4 is 20.1 Å². The number of rotatable bonds is 6. The van der Waals surface area contributed by atoms with Crippen molar-refractivity contribution in [1.82, 2.24) is 10.2 Å². The molecule has 2 N–H and O–H groups in total. The molecule has 138 valence electrons. The smallest absolute Gasteiger partial charge is 0.276 e. The molecule has 0 atom stereocenters. The van der Waals surface area contributed by atoms with Crippen LogP contribution in [0.1, 0.15) is 16.1 Å². The number of ether oxygens (including phenoxy) is 2. The van der Waals surface area contributed by atoms with Crippen LogP contribution in [-0.4, -0.2) is 30.3 Å². The summed E-state index contributed by atoms with van der Waals surface area (Å²) in [6, 6.07) is 16.2. The van der Waals surface area contributed by atoms with Gasteiger partial charge in [-0.3, -0.25) is 4.79 Å². The molecule has 1 aromatic heterocycles. The van der Waals surface area contributed by atoms with E-state index >= 15 is 0 Å². The van der Waals surface area contributed by atoms with Gasteiger partial charge in [0.05, 0.1) is 19.9 Å². The Balaban J connectivity index is 1.71. The molecule has 0 unspecified atom stereocenters. The lowest BCUT2D eigenvalue weighted by Crippen LogP contribution is -2.14. The first kappa shape index (κ1) is 18.2. The third-order valence-electron chi connectivity index (χ3n) is 3.84. The SMILES string of the molecule is COc1cccc(NC(=O)c2ccc(Nc3cc(C)ccc3OC)nn2)c1. The first-order chi connectivity index (χ1) is 13.1. The monoisotopic (exact) mass is 364 g/mol. The topological polar surface area (TPSA) is 85.4 Å². The molecule has 7 nitrogen and oxygen atoms in total. The number of nitrogens with zero attached hydrogens (tertiary/aromatic N) is 2. The van der Waals surface area contributed by atoms with Crippen LogP contribution in [0.5, 0.6) is 11.5 Å². The second-order valence-corrected chi connectivity index (χ2v) is 5.82. The number of methoxy groups -OCH3 is 2. The number of aromatic nitrogens is 2. The number of aryl methyl sites for hydroxylation is 1. The van der Waals surface area contributed by atoms with Crippen LogP contribution in [0.2, 0.25) is 0 Å². The predicted molar refractivity (Wildman–Crippen MR) is 104 cm³/mol. The zero-order chi connectivity index (χ0) is 19.2. The number of amides is 1. The summed E-state index contributed by atoms with van der Waals surface area (Å²) < 4.78 is 10.5. The Labute approximate surface area is 157 Å². The van der Waals surface area contributed by atoms with Gasteiger partial charge in [-0.1, -0.05) is 12.1 Å². The largest absolute Gasteiger partial charge is 0.497 e. The minimum Gasteiger partial charge on any atom is -0.497 e. The first-order valence-corrected chi connectivity index (χ1v) is 8.30. The summed E-state index contributed by atoms with van der Waals surface area (Å²) in [6.45, 7) is 1.99. The number of anilines is 3. The van der Waals surface area contributed by atoms with Crippen LogP contribution in [0.4, 0.5) is 17.2 Å². The molecule has 3 aromatic rings. The fourth-order valence-corrected chi connectivity index (χ4v) is 2.47. The molecule has 3 rings (SSSR count). The molecule has 0 aliphatic rings. The summed E-state index contributed by atoms with van der Waals surface area (Å²) in [5, 5.41) is 14.0. The molecular weight excluding hydrogens is 344 g/mol. The van der Waals surface area contributed by atoms with Gasteiger partial charge in [0.25, 0.3) is 5.91 Å². The Morgan fingerprint density at radius 3 is 2.52 bits per heavy atom. The van der Waals surface area contributed by atoms with E-state index in [1.54, 1.807) is 50.6 Å². The van der Waals surface area contributed by atoms with Crippen molar-refractivity contribution in [3.8, 4) is 11.5 Å². The molecule has 0 radical (unpaired) electrons. The van der Waals surface area contributed by atoms with Gasteiger partial charge in [0.15, 0.2) is 11.5 Å². The van der Waals surface area contributed by atoms with Crippen molar-refractivity contribution in [3.05, 3.63) is 65.9 Å². The van der Waals surface area contributed by atoms with Crippen LogP contribution in [0.3, 0.4) is 0 Å². The van der Waals surface area contributed by atoms with Crippen LogP contribution in [-0.2, 0) is 0 Å². The summed E-state index contributed by atoms with van der Waals surface area (Å²) in [6.07, 6.45) is 0. The maximum Gasteiger partial charge on any atom is 0.276 e. The van der Waals surface area contributed by atoms with Crippen LogP contribution >= 0.6 is 0 Å². The molecule has 0 saturated carbocycles. The average molecular weight is 364 g/mol. The molecule has 1 heterocycles. The molecule has 0 saturated heterocycles. The van der Waals surface area contributed by atoms with Gasteiger partial charge in [0.1, 0.15) is 11.5 Å². The van der Waals surface area contributed by atoms with Crippen LogP contribution in [0, 0.1) is 6.92 Å². The third-order valence-corrected chi connectivity index (χ3v) is 3.84. The van der Waals surface area contributed by atoms with Gasteiger partial charge in [-0.15, -0.1) is 10.2 Å². The van der Waals surface area contributed by atoms with Crippen molar-refractivity contribution in [2.24, 2.45) is 0 Å². The van der Waals surface area contributed by atoms with Crippen molar-refractivity contribution in [1.29, 1.82) is 0 Å². The Hall–Kier alpha value is -3.61. The lowest BCUT2D eigenvalue weighted by molar-refractivity contribution is 0.102. The summed E-state index contributed by atoms with van der Waals surface area (Å²) >= 11 is 0. The van der Waals surface area contributed by atoms with E-state index in [2.05, 4.69) is 20.8 Å². The molecule has 27 heavy (non-hydrogen) atoms. The standard InChI is InChI=1S/C20H20N4O3/c1-13-7-9-18(27-3)17(11-13)22-19-10-8-16(23-24-19)20(25)21-14-5-4-6-15(12-14)26-2/h4-12H,1-3H3,(H,21,25)(H,22,24). The van der Waals surface area contributed by atoms with E-state index in [0.717, 1.165) is 11.3 Å². The van der Waals surface area contributed by atoms with Crippen molar-refractivity contribution in [3.63, 3.8) is 0 Å². The summed E-state index contributed by atoms with van der Waals surface area (Å²) in [7, 11) is 3.18. The van der Waals surface area contributed by atoms with Gasteiger partial charge in [-0.05, 0) is 48.9 Å². The van der Waals surface area contributed by atoms with Crippen molar-refractivity contribution in [2.75, 3.05) is 24.9 Å². The van der Waals surface area contributed by atoms with Gasteiger partial charge in [0, 0.05) is 11.8 Å². The highest BCUT2D eigenvalue weighted by atomic mass is 16.5. The minimum absolute atomic E-state index is 0.208. The van der Waals surface area contributed by atoms with Crippen LogP contribution in [0.15, 0.2) is 54.6 Å². The lowest BCUT2D eigenvalue weighted by atomic mass is 10.2. The van der Waals surface area contributed by atoms with Crippen LogP contribution in [0.25, 0.3) is 0 Å². The molecule has 1 amide bonds. The summed E-state index contributed by atoms with van der Waals surface area (Å²) in [5.41, 5.74) is 2.69. The van der Waals surface area contributed by atoms with E-state index in [9.17, 15) is 4.79 Å². The average Bonchev–Trinajstić information content (AvgIpc) is 2.69. The molecular formula is C20H20N4O3. The molecule has 0 aliphatic carbocycles. The van der Waals surface area contributed by atoms with E-state index in [0.29, 0.717) is 23.0 Å². The van der Waals surface area contributed by atoms with Crippen molar-refractivity contribution < 1.29 is 14.3 Å². The number of hydrogen-bond donors (Lipinski definition) is 2. The number of nitrogens with one attached hydrogen (secondary N) is 2. The van der Waals surface area contributed by atoms with Gasteiger partial charge in [0.2, 0.25) is 0 Å². The third kappa shape index (κ3) is 4.52. The number of benzene rings is 2. The fourth-order valence-electron chi connectivity index (χ4n) is 2.47. The molecule has 2 aromatic carbocycles. The number of carbonyl (C=O) groups is 1. The van der Waals surface area contributed by atoms with Gasteiger partial charge in [-0.25, -0.2) is 0 Å². The summed E-state index contributed by atoms with van der Waals surface area (Å²) in [5.74, 6) is 1.51. The van der Waals surface area contributed by atoms with E-state index in [1.807, 2.05) is 25.1 Å². The predicted octanol–water partition coefficient (Wildman–Crippen LogP) is 3.80. The van der Waals surface area contributed by atoms with Gasteiger partial charge < -0.3 is 20.1 Å². The Morgan fingerprint density at radius 1 is 0.963 bits per heavy atom. The number of carbonyl (C=O) groups excluding carboxylic acids is 1. The second-order valence-electron chi connectivity index (χ2n) is 5.82. The highest BCUT2D eigenvalue weighted by Crippen LogP contribution is 2.27. The molecule has 0 bridgehead atoms. The number of hydrogen-bond acceptors (Lipinski definition) is 6. The van der Waals surface area contributed by atoms with E-state index in [-0.39, 0.29) is 11.6 Å². The Kier molecular flexibility index (Phi) is 5.51. The zero-order valence-electron chi connectivity index (χ0n) is 15.3. The normalized spacial score (nSPS) is 10.2. The van der Waals surface area contributed by atoms with E-state index < -0.39 is 0 Å². The quantitative estimate of drug-likeness (QED) is 0.692. The highest BCUT2D eigenvalue weighted by Gasteiger charge is 2.10. The summed E-state index contributed by atoms with van der Waals surface area (Å²) in [4.78, 5) is 12.3. The molecule has 0 fully saturated rings. The zero-order valence-corrected chi connectivity index (χ0v) is 15.3. The Bertz CT molecular complexity index is 942. The fraction of sp³-hybridized carbons (Fsp3) is 0.150. The molecule has 7 heteroatoms. The highest BCUT2D eigenvalue weighted by molar-refractivity contribution is 6.02. The minimum atomic E-state index is -0.351. The van der Waals surface area contributed by atoms with Crippen molar-refractivity contribution >= 4 is 23.1 Å². The lowest BCUT2D eigenvalue weighted by Gasteiger charge is -2.11. The van der Waals surface area contributed by atoms with Gasteiger partial charge >= 0.3 is 0 Å². The van der Waals surface area contributed by atoms with Gasteiger partial charge in [-0.2, -0.15) is 0 Å². The van der Waals surface area contributed by atoms with E-state index in [4.69, 9.17) is 9.47 Å². The van der Waals surface area contributed by atoms with E-state index in [1.165, 1.54) is 0 Å². The molecule has 0 spiro atoms. The van der Waals surface area contributed by atoms with Crippen molar-refractivity contribution in [2.45, 2.75) is 6.92 Å².